The molecule has 0 aliphatic carbocycles. The van der Waals surface area contributed by atoms with Crippen molar-refractivity contribution in [1.82, 2.24) is 5.32 Å². The van der Waals surface area contributed by atoms with E-state index in [2.05, 4.69) is 5.32 Å². The first-order valence-electron chi connectivity index (χ1n) is 12.8. The average Bonchev–Trinajstić information content (AvgIpc) is 2.96. The van der Waals surface area contributed by atoms with Crippen LogP contribution in [0.2, 0.25) is 5.02 Å². The summed E-state index contributed by atoms with van der Waals surface area (Å²) in [5, 5.41) is 12.9. The maximum atomic E-state index is 13.3. The quantitative estimate of drug-likeness (QED) is 0.177. The first kappa shape index (κ1) is 29.0. The van der Waals surface area contributed by atoms with Gasteiger partial charge in [-0.3, -0.25) is 4.79 Å². The van der Waals surface area contributed by atoms with Gasteiger partial charge in [-0.2, -0.15) is 11.8 Å². The number of halogens is 1. The van der Waals surface area contributed by atoms with Gasteiger partial charge < -0.3 is 15.2 Å². The minimum Gasteiger partial charge on any atom is -0.480 e. The van der Waals surface area contributed by atoms with Gasteiger partial charge in [0, 0.05) is 5.56 Å². The first-order valence-corrected chi connectivity index (χ1v) is 14.6. The van der Waals surface area contributed by atoms with Crippen molar-refractivity contribution in [3.63, 3.8) is 0 Å². The molecule has 0 bridgehead atoms. The number of benzene rings is 4. The van der Waals surface area contributed by atoms with Crippen LogP contribution in [-0.4, -0.2) is 35.0 Å². The van der Waals surface area contributed by atoms with Crippen LogP contribution in [0.15, 0.2) is 91.0 Å². The van der Waals surface area contributed by atoms with Crippen LogP contribution in [0.5, 0.6) is 11.5 Å². The van der Waals surface area contributed by atoms with Gasteiger partial charge >= 0.3 is 5.97 Å². The largest absolute Gasteiger partial charge is 0.480 e. The Morgan fingerprint density at radius 1 is 0.925 bits per heavy atom. The normalized spacial score (nSPS) is 11.8. The van der Waals surface area contributed by atoms with E-state index < -0.39 is 17.9 Å². The summed E-state index contributed by atoms with van der Waals surface area (Å²) >= 11 is 7.74. The van der Waals surface area contributed by atoms with Gasteiger partial charge in [-0.05, 0) is 89.6 Å². The number of hydrogen-bond donors (Lipinski definition) is 2. The van der Waals surface area contributed by atoms with Crippen molar-refractivity contribution >= 4 is 47.4 Å². The second-order valence-corrected chi connectivity index (χ2v) is 10.6. The summed E-state index contributed by atoms with van der Waals surface area (Å²) in [6.07, 6.45) is 6.22. The Morgan fingerprint density at radius 2 is 1.60 bits per heavy atom. The van der Waals surface area contributed by atoms with Gasteiger partial charge in [0.1, 0.15) is 17.5 Å². The number of carbonyl (C=O) groups excluding carboxylic acids is 1. The minimum absolute atomic E-state index is 0.352. The molecule has 1 amide bonds. The molecule has 0 aliphatic heterocycles. The molecule has 4 rings (SSSR count). The van der Waals surface area contributed by atoms with E-state index in [9.17, 15) is 14.7 Å². The lowest BCUT2D eigenvalue weighted by Gasteiger charge is -2.17. The lowest BCUT2D eigenvalue weighted by Crippen LogP contribution is -2.41. The summed E-state index contributed by atoms with van der Waals surface area (Å²) in [7, 11) is 0. The molecule has 4 aromatic carbocycles. The maximum absolute atomic E-state index is 13.3. The van der Waals surface area contributed by atoms with E-state index in [1.807, 2.05) is 104 Å². The number of carboxylic acids is 1. The molecule has 7 heteroatoms. The summed E-state index contributed by atoms with van der Waals surface area (Å²) < 4.78 is 5.87. The van der Waals surface area contributed by atoms with Crippen molar-refractivity contribution in [1.29, 1.82) is 0 Å². The predicted octanol–water partition coefficient (Wildman–Crippen LogP) is 8.21. The standard InChI is InChI=1S/C33H30ClNO4S/c1-22-7-3-4-8-26(22)28-21-24(15-18-27(28)32(36)35-30(33(37)38)19-20-40-2)12-11-23-13-16-25(17-14-23)39-31-10-6-5-9-29(31)34/h3-18,21,30H,19-20H2,1-2H3,(H,35,36)(H,37,38). The van der Waals surface area contributed by atoms with Gasteiger partial charge in [-0.15, -0.1) is 0 Å². The fourth-order valence-corrected chi connectivity index (χ4v) is 4.83. The number of para-hydroxylation sites is 1. The third-order valence-corrected chi connectivity index (χ3v) is 7.31. The molecule has 204 valence electrons. The van der Waals surface area contributed by atoms with Crippen molar-refractivity contribution < 1.29 is 19.4 Å². The molecule has 1 atom stereocenters. The van der Waals surface area contributed by atoms with Crippen LogP contribution in [0.25, 0.3) is 23.3 Å². The Kier molecular flexibility index (Phi) is 10.1. The van der Waals surface area contributed by atoms with Crippen LogP contribution in [0.1, 0.15) is 33.5 Å². The minimum atomic E-state index is -1.04. The Morgan fingerprint density at radius 3 is 2.30 bits per heavy atom. The van der Waals surface area contributed by atoms with Gasteiger partial charge in [0.25, 0.3) is 5.91 Å². The highest BCUT2D eigenvalue weighted by molar-refractivity contribution is 7.98. The molecule has 0 aromatic heterocycles. The van der Waals surface area contributed by atoms with Crippen molar-refractivity contribution in [2.45, 2.75) is 19.4 Å². The topological polar surface area (TPSA) is 75.6 Å². The molecule has 40 heavy (non-hydrogen) atoms. The van der Waals surface area contributed by atoms with Crippen LogP contribution in [0, 0.1) is 6.92 Å². The molecular weight excluding hydrogens is 542 g/mol. The molecule has 0 fully saturated rings. The number of thioether (sulfide) groups is 1. The van der Waals surface area contributed by atoms with Crippen LogP contribution in [0.4, 0.5) is 0 Å². The molecule has 0 heterocycles. The van der Waals surface area contributed by atoms with E-state index in [0.29, 0.717) is 34.3 Å². The van der Waals surface area contributed by atoms with Gasteiger partial charge in [0.2, 0.25) is 0 Å². The zero-order valence-electron chi connectivity index (χ0n) is 22.3. The number of carboxylic acid groups (broad SMARTS) is 1. The van der Waals surface area contributed by atoms with E-state index in [-0.39, 0.29) is 0 Å². The molecule has 2 N–H and O–H groups in total. The molecule has 1 unspecified atom stereocenters. The van der Waals surface area contributed by atoms with E-state index in [1.165, 1.54) is 0 Å². The van der Waals surface area contributed by atoms with Crippen LogP contribution >= 0.6 is 23.4 Å². The van der Waals surface area contributed by atoms with Gasteiger partial charge in [-0.1, -0.05) is 78.4 Å². The third kappa shape index (κ3) is 7.56. The third-order valence-electron chi connectivity index (χ3n) is 6.35. The zero-order chi connectivity index (χ0) is 28.5. The Labute approximate surface area is 243 Å². The first-order chi connectivity index (χ1) is 19.4. The molecule has 0 saturated heterocycles. The number of aliphatic carboxylic acids is 1. The van der Waals surface area contributed by atoms with Crippen LogP contribution in [0.3, 0.4) is 0 Å². The lowest BCUT2D eigenvalue weighted by molar-refractivity contribution is -0.139. The number of nitrogens with one attached hydrogen (secondary N) is 1. The molecule has 0 radical (unpaired) electrons. The summed E-state index contributed by atoms with van der Waals surface area (Å²) in [5.74, 6) is 0.469. The summed E-state index contributed by atoms with van der Waals surface area (Å²) in [5.41, 5.74) is 4.99. The molecular formula is C33H30ClNO4S. The van der Waals surface area contributed by atoms with Gasteiger partial charge in [0.15, 0.2) is 0 Å². The summed E-state index contributed by atoms with van der Waals surface area (Å²) in [4.78, 5) is 25.0. The number of hydrogen-bond acceptors (Lipinski definition) is 4. The van der Waals surface area contributed by atoms with Crippen molar-refractivity contribution in [2.24, 2.45) is 0 Å². The fourth-order valence-electron chi connectivity index (χ4n) is 4.18. The predicted molar refractivity (Wildman–Crippen MR) is 165 cm³/mol. The molecule has 0 saturated carbocycles. The molecule has 5 nitrogen and oxygen atoms in total. The average molecular weight is 572 g/mol. The zero-order valence-corrected chi connectivity index (χ0v) is 23.8. The van der Waals surface area contributed by atoms with Crippen molar-refractivity contribution in [3.05, 3.63) is 118 Å². The van der Waals surface area contributed by atoms with Crippen LogP contribution in [-0.2, 0) is 4.79 Å². The maximum Gasteiger partial charge on any atom is 0.326 e. The highest BCUT2D eigenvalue weighted by Crippen LogP contribution is 2.30. The Balaban J connectivity index is 1.58. The molecule has 0 spiro atoms. The monoisotopic (exact) mass is 571 g/mol. The van der Waals surface area contributed by atoms with Crippen molar-refractivity contribution in [3.8, 4) is 22.6 Å². The van der Waals surface area contributed by atoms with E-state index in [0.717, 1.165) is 27.8 Å². The van der Waals surface area contributed by atoms with E-state index in [1.54, 1.807) is 23.9 Å². The Hall–Kier alpha value is -4.00. The number of amides is 1. The van der Waals surface area contributed by atoms with Crippen molar-refractivity contribution in [2.75, 3.05) is 12.0 Å². The second-order valence-electron chi connectivity index (χ2n) is 9.20. The smallest absolute Gasteiger partial charge is 0.326 e. The highest BCUT2D eigenvalue weighted by atomic mass is 35.5. The number of carbonyl (C=O) groups is 2. The SMILES string of the molecule is CSCCC(NC(=O)c1ccc(C=Cc2ccc(Oc3ccccc3Cl)cc2)cc1-c1ccccc1C)C(=O)O. The number of rotatable bonds is 11. The van der Waals surface area contributed by atoms with E-state index in [4.69, 9.17) is 16.3 Å². The van der Waals surface area contributed by atoms with E-state index >= 15 is 0 Å². The summed E-state index contributed by atoms with van der Waals surface area (Å²) in [6.45, 7) is 1.99. The number of ether oxygens (including phenoxy) is 1. The fraction of sp³-hybridized carbons (Fsp3) is 0.152. The Bertz CT molecular complexity index is 1520. The second kappa shape index (κ2) is 13.9. The van der Waals surface area contributed by atoms with Gasteiger partial charge in [0.05, 0.1) is 5.02 Å². The lowest BCUT2D eigenvalue weighted by atomic mass is 9.93. The highest BCUT2D eigenvalue weighted by Gasteiger charge is 2.22. The van der Waals surface area contributed by atoms with Gasteiger partial charge in [-0.25, -0.2) is 4.79 Å². The van der Waals surface area contributed by atoms with Crippen LogP contribution < -0.4 is 10.1 Å². The molecule has 0 aliphatic rings. The molecule has 4 aromatic rings. The summed E-state index contributed by atoms with van der Waals surface area (Å²) in [6, 6.07) is 27.4. The number of aryl methyl sites for hydroxylation is 1.